The van der Waals surface area contributed by atoms with Crippen molar-refractivity contribution in [2.75, 3.05) is 16.9 Å². The molecular formula is C9H13N5O3S. The number of aromatic nitrogens is 2. The van der Waals surface area contributed by atoms with E-state index in [0.717, 1.165) is 0 Å². The molecule has 1 amide bonds. The van der Waals surface area contributed by atoms with Gasteiger partial charge in [-0.15, -0.1) is 0 Å². The number of carbonyl (C=O) groups is 1. The number of nitrogen functional groups attached to an aromatic ring is 1. The van der Waals surface area contributed by atoms with Crippen molar-refractivity contribution in [2.24, 2.45) is 5.84 Å². The number of anilines is 1. The van der Waals surface area contributed by atoms with Crippen LogP contribution in [-0.2, 0) is 9.84 Å². The fourth-order valence-electron chi connectivity index (χ4n) is 1.69. The van der Waals surface area contributed by atoms with Crippen molar-refractivity contribution in [1.29, 1.82) is 0 Å². The maximum Gasteiger partial charge on any atom is 0.271 e. The number of hydrazine groups is 1. The first-order valence-corrected chi connectivity index (χ1v) is 7.12. The average molecular weight is 271 g/mol. The third-order valence-electron chi connectivity index (χ3n) is 2.60. The number of rotatable bonds is 3. The van der Waals surface area contributed by atoms with E-state index in [1.807, 2.05) is 0 Å². The zero-order chi connectivity index (χ0) is 13.2. The Morgan fingerprint density at radius 2 is 2.17 bits per heavy atom. The van der Waals surface area contributed by atoms with Crippen LogP contribution < -0.4 is 16.6 Å². The summed E-state index contributed by atoms with van der Waals surface area (Å²) in [5.41, 5.74) is 2.42. The van der Waals surface area contributed by atoms with E-state index in [2.05, 4.69) is 20.7 Å². The molecule has 0 saturated carbocycles. The number of amides is 1. The number of hydrogen-bond donors (Lipinski definition) is 3. The Morgan fingerprint density at radius 3 is 2.67 bits per heavy atom. The summed E-state index contributed by atoms with van der Waals surface area (Å²) in [4.78, 5) is 19.5. The van der Waals surface area contributed by atoms with E-state index in [-0.39, 0.29) is 23.2 Å². The molecule has 0 spiro atoms. The van der Waals surface area contributed by atoms with E-state index >= 15 is 0 Å². The Bertz CT molecular complexity index is 542. The van der Waals surface area contributed by atoms with Crippen LogP contribution >= 0.6 is 0 Å². The summed E-state index contributed by atoms with van der Waals surface area (Å²) >= 11 is 0. The maximum absolute atomic E-state index is 11.8. The van der Waals surface area contributed by atoms with Gasteiger partial charge in [0.15, 0.2) is 15.7 Å². The molecule has 1 aliphatic rings. The minimum absolute atomic E-state index is 0.0192. The molecule has 1 fully saturated rings. The summed E-state index contributed by atoms with van der Waals surface area (Å²) in [5, 5.41) is 2.62. The van der Waals surface area contributed by atoms with Crippen molar-refractivity contribution in [2.45, 2.75) is 12.5 Å². The van der Waals surface area contributed by atoms with Crippen molar-refractivity contribution < 1.29 is 13.2 Å². The second-order valence-electron chi connectivity index (χ2n) is 4.00. The van der Waals surface area contributed by atoms with Crippen molar-refractivity contribution in [3.63, 3.8) is 0 Å². The van der Waals surface area contributed by atoms with Gasteiger partial charge >= 0.3 is 0 Å². The molecular weight excluding hydrogens is 258 g/mol. The van der Waals surface area contributed by atoms with Crippen molar-refractivity contribution in [3.05, 3.63) is 18.1 Å². The highest BCUT2D eigenvalue weighted by molar-refractivity contribution is 7.91. The molecule has 0 aliphatic carbocycles. The Kier molecular flexibility index (Phi) is 3.43. The Balaban J connectivity index is 1.99. The largest absolute Gasteiger partial charge is 0.347 e. The summed E-state index contributed by atoms with van der Waals surface area (Å²) in [6.45, 7) is 0. The van der Waals surface area contributed by atoms with E-state index in [0.29, 0.717) is 12.2 Å². The lowest BCUT2D eigenvalue weighted by atomic mass is 10.2. The van der Waals surface area contributed by atoms with Gasteiger partial charge in [-0.25, -0.2) is 24.2 Å². The van der Waals surface area contributed by atoms with Crippen LogP contribution in [0.3, 0.4) is 0 Å². The van der Waals surface area contributed by atoms with E-state index in [9.17, 15) is 13.2 Å². The SMILES string of the molecule is NNc1cnc(C(=O)NC2CCS(=O)(=O)C2)cn1. The topological polar surface area (TPSA) is 127 Å². The molecule has 1 aliphatic heterocycles. The Hall–Kier alpha value is -1.74. The second-order valence-corrected chi connectivity index (χ2v) is 6.23. The first-order chi connectivity index (χ1) is 8.50. The van der Waals surface area contributed by atoms with Crippen LogP contribution in [0.5, 0.6) is 0 Å². The third-order valence-corrected chi connectivity index (χ3v) is 4.37. The standard InChI is InChI=1S/C9H13N5O3S/c10-14-8-4-11-7(3-12-8)9(15)13-6-1-2-18(16,17)5-6/h3-4,6H,1-2,5,10H2,(H,12,14)(H,13,15). The van der Waals surface area contributed by atoms with Gasteiger partial charge in [0.05, 0.1) is 23.9 Å². The van der Waals surface area contributed by atoms with Crippen LogP contribution in [0.25, 0.3) is 0 Å². The molecule has 8 nitrogen and oxygen atoms in total. The highest BCUT2D eigenvalue weighted by atomic mass is 32.2. The average Bonchev–Trinajstić information content (AvgIpc) is 2.68. The number of sulfone groups is 1. The van der Waals surface area contributed by atoms with Gasteiger partial charge in [0.1, 0.15) is 5.69 Å². The molecule has 1 unspecified atom stereocenters. The summed E-state index contributed by atoms with van der Waals surface area (Å²) in [7, 11) is -3.01. The van der Waals surface area contributed by atoms with E-state index in [1.165, 1.54) is 12.4 Å². The van der Waals surface area contributed by atoms with E-state index in [1.54, 1.807) is 0 Å². The first-order valence-electron chi connectivity index (χ1n) is 5.30. The monoisotopic (exact) mass is 271 g/mol. The molecule has 2 heterocycles. The van der Waals surface area contributed by atoms with Gasteiger partial charge < -0.3 is 10.7 Å². The van der Waals surface area contributed by atoms with Crippen molar-refractivity contribution in [1.82, 2.24) is 15.3 Å². The normalized spacial score (nSPS) is 21.5. The zero-order valence-corrected chi connectivity index (χ0v) is 10.3. The third kappa shape index (κ3) is 2.93. The van der Waals surface area contributed by atoms with Gasteiger partial charge in [-0.3, -0.25) is 4.79 Å². The second kappa shape index (κ2) is 4.86. The lowest BCUT2D eigenvalue weighted by molar-refractivity contribution is 0.0935. The van der Waals surface area contributed by atoms with Crippen LogP contribution in [0.4, 0.5) is 5.82 Å². The highest BCUT2D eigenvalue weighted by Gasteiger charge is 2.29. The Morgan fingerprint density at radius 1 is 1.39 bits per heavy atom. The van der Waals surface area contributed by atoms with Gasteiger partial charge in [0.2, 0.25) is 0 Å². The molecule has 0 radical (unpaired) electrons. The molecule has 0 aromatic carbocycles. The van der Waals surface area contributed by atoms with Crippen LogP contribution in [0.2, 0.25) is 0 Å². The number of nitrogens with one attached hydrogen (secondary N) is 2. The lowest BCUT2D eigenvalue weighted by Gasteiger charge is -2.10. The van der Waals surface area contributed by atoms with Crippen LogP contribution in [0, 0.1) is 0 Å². The molecule has 18 heavy (non-hydrogen) atoms. The van der Waals surface area contributed by atoms with Crippen molar-refractivity contribution >= 4 is 21.6 Å². The minimum atomic E-state index is -3.01. The van der Waals surface area contributed by atoms with E-state index < -0.39 is 15.7 Å². The molecule has 0 bridgehead atoms. The quantitative estimate of drug-likeness (QED) is 0.459. The number of nitrogens with two attached hydrogens (primary N) is 1. The maximum atomic E-state index is 11.8. The zero-order valence-electron chi connectivity index (χ0n) is 9.46. The van der Waals surface area contributed by atoms with Crippen LogP contribution in [0.15, 0.2) is 12.4 Å². The van der Waals surface area contributed by atoms with Crippen LogP contribution in [0.1, 0.15) is 16.9 Å². The Labute approximate surface area is 104 Å². The fourth-order valence-corrected chi connectivity index (χ4v) is 3.36. The van der Waals surface area contributed by atoms with Crippen molar-refractivity contribution in [3.8, 4) is 0 Å². The molecule has 1 saturated heterocycles. The van der Waals surface area contributed by atoms with Crippen LogP contribution in [-0.4, -0.2) is 41.8 Å². The summed E-state index contributed by atoms with van der Waals surface area (Å²) in [5.74, 6) is 5.12. The number of hydrogen-bond acceptors (Lipinski definition) is 7. The summed E-state index contributed by atoms with van der Waals surface area (Å²) in [6, 6.07) is -0.350. The summed E-state index contributed by atoms with van der Waals surface area (Å²) < 4.78 is 22.5. The lowest BCUT2D eigenvalue weighted by Crippen LogP contribution is -2.36. The molecule has 4 N–H and O–H groups in total. The van der Waals surface area contributed by atoms with Gasteiger partial charge in [-0.05, 0) is 6.42 Å². The predicted octanol–water partition coefficient (Wildman–Crippen LogP) is -1.32. The molecule has 1 aromatic rings. The minimum Gasteiger partial charge on any atom is -0.347 e. The van der Waals surface area contributed by atoms with E-state index in [4.69, 9.17) is 5.84 Å². The van der Waals surface area contributed by atoms with Gasteiger partial charge in [-0.2, -0.15) is 0 Å². The molecule has 2 rings (SSSR count). The first kappa shape index (κ1) is 12.7. The molecule has 98 valence electrons. The molecule has 9 heteroatoms. The van der Waals surface area contributed by atoms with Gasteiger partial charge in [0.25, 0.3) is 5.91 Å². The fraction of sp³-hybridized carbons (Fsp3) is 0.444. The smallest absolute Gasteiger partial charge is 0.271 e. The number of nitrogens with zero attached hydrogens (tertiary/aromatic N) is 2. The summed E-state index contributed by atoms with van der Waals surface area (Å²) in [6.07, 6.45) is 3.03. The predicted molar refractivity (Wildman–Crippen MR) is 64.4 cm³/mol. The van der Waals surface area contributed by atoms with Gasteiger partial charge in [-0.1, -0.05) is 0 Å². The highest BCUT2D eigenvalue weighted by Crippen LogP contribution is 2.11. The number of carbonyl (C=O) groups excluding carboxylic acids is 1. The molecule has 1 aromatic heterocycles. The van der Waals surface area contributed by atoms with Gasteiger partial charge in [0, 0.05) is 6.04 Å². The molecule has 1 atom stereocenters.